The first-order valence-electron chi connectivity index (χ1n) is 7.56. The molecular formula is C16H16N6O. The number of anilines is 1. The normalized spacial score (nSPS) is 14.9. The Bertz CT molecular complexity index is 910. The molecule has 0 spiro atoms. The number of hydrogen-bond acceptors (Lipinski definition) is 6. The van der Waals surface area contributed by atoms with Crippen LogP contribution in [0.1, 0.15) is 5.69 Å². The zero-order valence-corrected chi connectivity index (χ0v) is 12.8. The molecule has 1 aliphatic rings. The molecule has 0 radical (unpaired) electrons. The van der Waals surface area contributed by atoms with Crippen molar-refractivity contribution in [2.45, 2.75) is 13.5 Å². The molecule has 116 valence electrons. The van der Waals surface area contributed by atoms with Crippen molar-refractivity contribution in [3.8, 4) is 0 Å². The molecular weight excluding hydrogens is 292 g/mol. The van der Waals surface area contributed by atoms with Crippen LogP contribution in [0, 0.1) is 12.8 Å². The van der Waals surface area contributed by atoms with Gasteiger partial charge in [0.25, 0.3) is 5.56 Å². The van der Waals surface area contributed by atoms with Gasteiger partial charge in [-0.1, -0.05) is 0 Å². The van der Waals surface area contributed by atoms with Gasteiger partial charge in [-0.25, -0.2) is 19.6 Å². The molecule has 0 aromatic carbocycles. The van der Waals surface area contributed by atoms with Crippen LogP contribution in [0.5, 0.6) is 0 Å². The summed E-state index contributed by atoms with van der Waals surface area (Å²) in [6.45, 7) is 4.23. The third-order valence-electron chi connectivity index (χ3n) is 4.08. The largest absolute Gasteiger partial charge is 0.355 e. The minimum absolute atomic E-state index is 0.0502. The van der Waals surface area contributed by atoms with E-state index in [0.717, 1.165) is 30.0 Å². The average molecular weight is 308 g/mol. The van der Waals surface area contributed by atoms with Crippen LogP contribution in [0.2, 0.25) is 0 Å². The summed E-state index contributed by atoms with van der Waals surface area (Å²) in [4.78, 5) is 26.9. The van der Waals surface area contributed by atoms with Crippen molar-refractivity contribution in [1.82, 2.24) is 24.7 Å². The number of nitrogens with zero attached hydrogens (tertiary/aromatic N) is 6. The number of aryl methyl sites for hydroxylation is 1. The van der Waals surface area contributed by atoms with Crippen molar-refractivity contribution in [1.29, 1.82) is 0 Å². The van der Waals surface area contributed by atoms with Gasteiger partial charge in [-0.15, -0.1) is 0 Å². The standard InChI is InChI=1S/C16H16N6O/c1-11-4-5-14(23)22(20-11)9-12-7-21(8-12)16-13-3-2-6-17-15(13)18-10-19-16/h2-6,10,12H,7-9H2,1H3. The Kier molecular flexibility index (Phi) is 3.25. The van der Waals surface area contributed by atoms with Gasteiger partial charge in [0.05, 0.1) is 17.6 Å². The molecule has 3 aromatic rings. The maximum atomic E-state index is 11.8. The first-order chi connectivity index (χ1) is 11.2. The first-order valence-corrected chi connectivity index (χ1v) is 7.56. The highest BCUT2D eigenvalue weighted by Crippen LogP contribution is 2.28. The molecule has 7 heteroatoms. The summed E-state index contributed by atoms with van der Waals surface area (Å²) >= 11 is 0. The molecule has 0 unspecified atom stereocenters. The molecule has 1 aliphatic heterocycles. The second kappa shape index (κ2) is 5.42. The first kappa shape index (κ1) is 13.8. The second-order valence-corrected chi connectivity index (χ2v) is 5.84. The molecule has 0 N–H and O–H groups in total. The predicted molar refractivity (Wildman–Crippen MR) is 86.3 cm³/mol. The highest BCUT2D eigenvalue weighted by molar-refractivity contribution is 5.86. The lowest BCUT2D eigenvalue weighted by Crippen LogP contribution is -2.50. The summed E-state index contributed by atoms with van der Waals surface area (Å²) in [7, 11) is 0. The fraction of sp³-hybridized carbons (Fsp3) is 0.312. The molecule has 4 rings (SSSR count). The monoisotopic (exact) mass is 308 g/mol. The van der Waals surface area contributed by atoms with E-state index in [2.05, 4.69) is 25.0 Å². The fourth-order valence-electron chi connectivity index (χ4n) is 2.92. The van der Waals surface area contributed by atoms with Gasteiger partial charge in [-0.3, -0.25) is 4.79 Å². The third-order valence-corrected chi connectivity index (χ3v) is 4.08. The lowest BCUT2D eigenvalue weighted by molar-refractivity contribution is 0.332. The van der Waals surface area contributed by atoms with Gasteiger partial charge in [0.1, 0.15) is 12.1 Å². The molecule has 3 aromatic heterocycles. The number of rotatable bonds is 3. The van der Waals surface area contributed by atoms with E-state index in [1.807, 2.05) is 19.1 Å². The Balaban J connectivity index is 1.51. The molecule has 23 heavy (non-hydrogen) atoms. The van der Waals surface area contributed by atoms with Crippen molar-refractivity contribution in [3.05, 3.63) is 52.8 Å². The zero-order valence-electron chi connectivity index (χ0n) is 12.8. The fourth-order valence-corrected chi connectivity index (χ4v) is 2.92. The lowest BCUT2D eigenvalue weighted by atomic mass is 10.00. The van der Waals surface area contributed by atoms with Gasteiger partial charge in [-0.05, 0) is 25.1 Å². The predicted octanol–water partition coefficient (Wildman–Crippen LogP) is 1.03. The average Bonchev–Trinajstić information content (AvgIpc) is 2.53. The van der Waals surface area contributed by atoms with Crippen LogP contribution in [0.25, 0.3) is 11.0 Å². The van der Waals surface area contributed by atoms with Crippen LogP contribution in [-0.2, 0) is 6.54 Å². The van der Waals surface area contributed by atoms with Crippen molar-refractivity contribution < 1.29 is 0 Å². The van der Waals surface area contributed by atoms with Gasteiger partial charge in [-0.2, -0.15) is 5.10 Å². The number of hydrogen-bond donors (Lipinski definition) is 0. The van der Waals surface area contributed by atoms with Crippen LogP contribution in [0.4, 0.5) is 5.82 Å². The van der Waals surface area contributed by atoms with Crippen molar-refractivity contribution in [2.24, 2.45) is 5.92 Å². The van der Waals surface area contributed by atoms with E-state index < -0.39 is 0 Å². The molecule has 7 nitrogen and oxygen atoms in total. The minimum Gasteiger partial charge on any atom is -0.355 e. The topological polar surface area (TPSA) is 76.8 Å². The summed E-state index contributed by atoms with van der Waals surface area (Å²) in [5.74, 6) is 1.30. The van der Waals surface area contributed by atoms with Crippen molar-refractivity contribution in [3.63, 3.8) is 0 Å². The highest BCUT2D eigenvalue weighted by atomic mass is 16.1. The van der Waals surface area contributed by atoms with Crippen LogP contribution in [0.15, 0.2) is 41.6 Å². The molecule has 0 atom stereocenters. The van der Waals surface area contributed by atoms with Crippen LogP contribution >= 0.6 is 0 Å². The van der Waals surface area contributed by atoms with Gasteiger partial charge >= 0.3 is 0 Å². The Morgan fingerprint density at radius 2 is 2.04 bits per heavy atom. The van der Waals surface area contributed by atoms with E-state index >= 15 is 0 Å². The molecule has 0 aliphatic carbocycles. The zero-order chi connectivity index (χ0) is 15.8. The maximum Gasteiger partial charge on any atom is 0.266 e. The molecule has 4 heterocycles. The Morgan fingerprint density at radius 3 is 2.91 bits per heavy atom. The second-order valence-electron chi connectivity index (χ2n) is 5.84. The van der Waals surface area contributed by atoms with E-state index in [1.54, 1.807) is 29.3 Å². The van der Waals surface area contributed by atoms with Crippen LogP contribution < -0.4 is 10.5 Å². The van der Waals surface area contributed by atoms with Gasteiger partial charge in [0, 0.05) is 31.3 Å². The van der Waals surface area contributed by atoms with Crippen LogP contribution in [-0.4, -0.2) is 37.8 Å². The quantitative estimate of drug-likeness (QED) is 0.719. The summed E-state index contributed by atoms with van der Waals surface area (Å²) in [6.07, 6.45) is 3.28. The maximum absolute atomic E-state index is 11.8. The van der Waals surface area contributed by atoms with E-state index in [1.165, 1.54) is 0 Å². The summed E-state index contributed by atoms with van der Waals surface area (Å²) in [6, 6.07) is 7.19. The summed E-state index contributed by atoms with van der Waals surface area (Å²) in [5, 5.41) is 5.25. The van der Waals surface area contributed by atoms with Gasteiger partial charge in [0.15, 0.2) is 5.65 Å². The number of pyridine rings is 1. The summed E-state index contributed by atoms with van der Waals surface area (Å²) in [5.41, 5.74) is 1.51. The Labute approximate surface area is 132 Å². The van der Waals surface area contributed by atoms with Crippen molar-refractivity contribution in [2.75, 3.05) is 18.0 Å². The van der Waals surface area contributed by atoms with Gasteiger partial charge in [0.2, 0.25) is 0 Å². The molecule has 0 saturated carbocycles. The van der Waals surface area contributed by atoms with E-state index in [0.29, 0.717) is 18.1 Å². The van der Waals surface area contributed by atoms with Crippen LogP contribution in [0.3, 0.4) is 0 Å². The molecule has 0 bridgehead atoms. The summed E-state index contributed by atoms with van der Waals surface area (Å²) < 4.78 is 1.55. The van der Waals surface area contributed by atoms with E-state index in [4.69, 9.17) is 0 Å². The minimum atomic E-state index is -0.0502. The van der Waals surface area contributed by atoms with Gasteiger partial charge < -0.3 is 4.90 Å². The lowest BCUT2D eigenvalue weighted by Gasteiger charge is -2.40. The Hall–Kier alpha value is -2.83. The molecule has 1 fully saturated rings. The van der Waals surface area contributed by atoms with E-state index in [9.17, 15) is 4.79 Å². The van der Waals surface area contributed by atoms with E-state index in [-0.39, 0.29) is 5.56 Å². The Morgan fingerprint density at radius 1 is 1.17 bits per heavy atom. The highest BCUT2D eigenvalue weighted by Gasteiger charge is 2.29. The third kappa shape index (κ3) is 2.54. The van der Waals surface area contributed by atoms with Crippen molar-refractivity contribution >= 4 is 16.9 Å². The smallest absolute Gasteiger partial charge is 0.266 e. The molecule has 1 saturated heterocycles. The number of fused-ring (bicyclic) bond motifs is 1. The molecule has 0 amide bonds. The SMILES string of the molecule is Cc1ccc(=O)n(CC2CN(c3ncnc4ncccc34)C2)n1. The number of aromatic nitrogens is 5.